The normalized spacial score (nSPS) is 17.0. The molecule has 31 heavy (non-hydrogen) atoms. The van der Waals surface area contributed by atoms with E-state index in [2.05, 4.69) is 30.1 Å². The minimum atomic E-state index is 0.0917. The van der Waals surface area contributed by atoms with Gasteiger partial charge in [0.25, 0.3) is 0 Å². The van der Waals surface area contributed by atoms with Gasteiger partial charge < -0.3 is 18.9 Å². The fourth-order valence-electron chi connectivity index (χ4n) is 4.22. The van der Waals surface area contributed by atoms with Gasteiger partial charge in [-0.3, -0.25) is 4.79 Å². The lowest BCUT2D eigenvalue weighted by Crippen LogP contribution is -2.37. The Morgan fingerprint density at radius 3 is 2.77 bits per heavy atom. The molecule has 3 aromatic rings. The molecule has 8 heteroatoms. The zero-order valence-corrected chi connectivity index (χ0v) is 18.4. The molecule has 0 N–H and O–H groups in total. The standard InChI is InChI=1S/C23H24N4O3S/c1-3-26-22(17-8-9-19-20(13-17)30-11-10-29-19)24-25-23(26)31-14-21(28)27-15(2)12-16-6-4-5-7-18(16)27/h4-9,13,15H,3,10-12,14H2,1-2H3/t15-/m1/s1. The minimum absolute atomic E-state index is 0.0917. The van der Waals surface area contributed by atoms with E-state index >= 15 is 0 Å². The molecule has 0 bridgehead atoms. The van der Waals surface area contributed by atoms with Gasteiger partial charge in [-0.05, 0) is 50.1 Å². The van der Waals surface area contributed by atoms with Gasteiger partial charge in [-0.2, -0.15) is 0 Å². The number of benzene rings is 2. The molecular formula is C23H24N4O3S. The summed E-state index contributed by atoms with van der Waals surface area (Å²) in [4.78, 5) is 15.0. The van der Waals surface area contributed by atoms with Crippen molar-refractivity contribution in [2.45, 2.75) is 38.0 Å². The van der Waals surface area contributed by atoms with E-state index in [0.717, 1.165) is 40.2 Å². The number of carbonyl (C=O) groups excluding carboxylic acids is 1. The number of rotatable bonds is 5. The zero-order chi connectivity index (χ0) is 21.4. The van der Waals surface area contributed by atoms with E-state index in [1.807, 2.05) is 45.9 Å². The van der Waals surface area contributed by atoms with Gasteiger partial charge in [0.1, 0.15) is 13.2 Å². The molecule has 0 fully saturated rings. The van der Waals surface area contributed by atoms with E-state index in [0.29, 0.717) is 25.5 Å². The quantitative estimate of drug-likeness (QED) is 0.567. The third kappa shape index (κ3) is 3.65. The molecule has 2 aliphatic rings. The van der Waals surface area contributed by atoms with Crippen molar-refractivity contribution in [1.82, 2.24) is 14.8 Å². The number of carbonyl (C=O) groups is 1. The highest BCUT2D eigenvalue weighted by Gasteiger charge is 2.30. The second kappa shape index (κ2) is 8.26. The zero-order valence-electron chi connectivity index (χ0n) is 17.6. The average molecular weight is 437 g/mol. The number of fused-ring (bicyclic) bond motifs is 2. The van der Waals surface area contributed by atoms with Gasteiger partial charge in [0, 0.05) is 23.8 Å². The van der Waals surface area contributed by atoms with Gasteiger partial charge in [0.15, 0.2) is 22.5 Å². The van der Waals surface area contributed by atoms with Crippen molar-refractivity contribution in [3.8, 4) is 22.9 Å². The third-order valence-electron chi connectivity index (χ3n) is 5.63. The fourth-order valence-corrected chi connectivity index (χ4v) is 5.08. The summed E-state index contributed by atoms with van der Waals surface area (Å²) in [5.74, 6) is 2.64. The van der Waals surface area contributed by atoms with Crippen molar-refractivity contribution in [3.63, 3.8) is 0 Å². The molecule has 0 unspecified atom stereocenters. The van der Waals surface area contributed by atoms with Crippen LogP contribution in [0.25, 0.3) is 11.4 Å². The number of thioether (sulfide) groups is 1. The van der Waals surface area contributed by atoms with Gasteiger partial charge in [0.05, 0.1) is 5.75 Å². The number of hydrogen-bond donors (Lipinski definition) is 0. The van der Waals surface area contributed by atoms with Gasteiger partial charge in [-0.25, -0.2) is 0 Å². The highest BCUT2D eigenvalue weighted by atomic mass is 32.2. The summed E-state index contributed by atoms with van der Waals surface area (Å²) in [6.07, 6.45) is 0.895. The average Bonchev–Trinajstić information content (AvgIpc) is 3.36. The number of aromatic nitrogens is 3. The summed E-state index contributed by atoms with van der Waals surface area (Å²) in [5, 5.41) is 9.51. The number of nitrogens with zero attached hydrogens (tertiary/aromatic N) is 4. The summed E-state index contributed by atoms with van der Waals surface area (Å²) in [6.45, 7) is 5.95. The highest BCUT2D eigenvalue weighted by molar-refractivity contribution is 7.99. The molecule has 7 nitrogen and oxygen atoms in total. The first-order chi connectivity index (χ1) is 15.2. The molecule has 1 aromatic heterocycles. The maximum Gasteiger partial charge on any atom is 0.237 e. The SMILES string of the molecule is CCn1c(SCC(=O)N2c3ccccc3C[C@H]2C)nnc1-c1ccc2c(c1)OCCO2. The smallest absolute Gasteiger partial charge is 0.237 e. The van der Waals surface area contributed by atoms with Crippen molar-refractivity contribution in [1.29, 1.82) is 0 Å². The van der Waals surface area contributed by atoms with Crippen molar-refractivity contribution >= 4 is 23.4 Å². The van der Waals surface area contributed by atoms with Crippen LogP contribution < -0.4 is 14.4 Å². The Morgan fingerprint density at radius 2 is 1.94 bits per heavy atom. The van der Waals surface area contributed by atoms with Crippen LogP contribution >= 0.6 is 11.8 Å². The van der Waals surface area contributed by atoms with E-state index < -0.39 is 0 Å². The Bertz CT molecular complexity index is 1130. The van der Waals surface area contributed by atoms with Crippen molar-refractivity contribution < 1.29 is 14.3 Å². The second-order valence-corrected chi connectivity index (χ2v) is 8.59. The van der Waals surface area contributed by atoms with Crippen molar-refractivity contribution in [2.24, 2.45) is 0 Å². The van der Waals surface area contributed by atoms with Crippen molar-refractivity contribution in [2.75, 3.05) is 23.9 Å². The van der Waals surface area contributed by atoms with E-state index in [1.54, 1.807) is 0 Å². The molecule has 160 valence electrons. The monoisotopic (exact) mass is 436 g/mol. The molecular weight excluding hydrogens is 412 g/mol. The van der Waals surface area contributed by atoms with E-state index in [1.165, 1.54) is 17.3 Å². The molecule has 2 aliphatic heterocycles. The van der Waals surface area contributed by atoms with Crippen LogP contribution in [-0.4, -0.2) is 45.7 Å². The van der Waals surface area contributed by atoms with Crippen LogP contribution in [0.4, 0.5) is 5.69 Å². The lowest BCUT2D eigenvalue weighted by molar-refractivity contribution is -0.116. The Morgan fingerprint density at radius 1 is 1.13 bits per heavy atom. The Hall–Kier alpha value is -3.00. The van der Waals surface area contributed by atoms with Crippen LogP contribution in [0.2, 0.25) is 0 Å². The van der Waals surface area contributed by atoms with Gasteiger partial charge in [-0.1, -0.05) is 30.0 Å². The van der Waals surface area contributed by atoms with Crippen LogP contribution in [0.3, 0.4) is 0 Å². The maximum atomic E-state index is 13.0. The van der Waals surface area contributed by atoms with Gasteiger partial charge >= 0.3 is 0 Å². The summed E-state index contributed by atoms with van der Waals surface area (Å²) >= 11 is 1.43. The lowest BCUT2D eigenvalue weighted by Gasteiger charge is -2.22. The summed E-state index contributed by atoms with van der Waals surface area (Å²) < 4.78 is 13.3. The van der Waals surface area contributed by atoms with Crippen molar-refractivity contribution in [3.05, 3.63) is 48.0 Å². The molecule has 1 atom stereocenters. The van der Waals surface area contributed by atoms with Crippen LogP contribution in [0.5, 0.6) is 11.5 Å². The van der Waals surface area contributed by atoms with E-state index in [-0.39, 0.29) is 11.9 Å². The molecule has 2 aromatic carbocycles. The van der Waals surface area contributed by atoms with Gasteiger partial charge in [-0.15, -0.1) is 10.2 Å². The van der Waals surface area contributed by atoms with Gasteiger partial charge in [0.2, 0.25) is 5.91 Å². The number of hydrogen-bond acceptors (Lipinski definition) is 6. The molecule has 0 aliphatic carbocycles. The first-order valence-corrected chi connectivity index (χ1v) is 11.5. The molecule has 1 amide bonds. The summed E-state index contributed by atoms with van der Waals surface area (Å²) in [5.41, 5.74) is 3.17. The maximum absolute atomic E-state index is 13.0. The van der Waals surface area contributed by atoms with Crippen LogP contribution in [0, 0.1) is 0 Å². The molecule has 3 heterocycles. The molecule has 0 radical (unpaired) electrons. The molecule has 0 saturated carbocycles. The molecule has 0 spiro atoms. The third-order valence-corrected chi connectivity index (χ3v) is 6.59. The number of amides is 1. The predicted octanol–water partition coefficient (Wildman–Crippen LogP) is 3.81. The highest BCUT2D eigenvalue weighted by Crippen LogP contribution is 2.36. The number of ether oxygens (including phenoxy) is 2. The lowest BCUT2D eigenvalue weighted by atomic mass is 10.1. The second-order valence-electron chi connectivity index (χ2n) is 7.64. The largest absolute Gasteiger partial charge is 0.486 e. The minimum Gasteiger partial charge on any atom is -0.486 e. The van der Waals surface area contributed by atoms with E-state index in [9.17, 15) is 4.79 Å². The Labute approximate surface area is 185 Å². The molecule has 0 saturated heterocycles. The van der Waals surface area contributed by atoms with E-state index in [4.69, 9.17) is 9.47 Å². The Balaban J connectivity index is 1.34. The molecule has 5 rings (SSSR count). The summed E-state index contributed by atoms with van der Waals surface area (Å²) in [6, 6.07) is 14.1. The first kappa shape index (κ1) is 19.9. The predicted molar refractivity (Wildman–Crippen MR) is 120 cm³/mol. The summed E-state index contributed by atoms with van der Waals surface area (Å²) in [7, 11) is 0. The number of anilines is 1. The Kier molecular flexibility index (Phi) is 5.31. The van der Waals surface area contributed by atoms with Crippen LogP contribution in [-0.2, 0) is 17.8 Å². The first-order valence-electron chi connectivity index (χ1n) is 10.5. The van der Waals surface area contributed by atoms with Crippen LogP contribution in [0.1, 0.15) is 19.4 Å². The van der Waals surface area contributed by atoms with Crippen LogP contribution in [0.15, 0.2) is 47.6 Å². The topological polar surface area (TPSA) is 69.5 Å². The fraction of sp³-hybridized carbons (Fsp3) is 0.348. The number of para-hydroxylation sites is 1.